The molecule has 1 aliphatic rings. The van der Waals surface area contributed by atoms with Crippen LogP contribution in [0.15, 0.2) is 42.7 Å². The van der Waals surface area contributed by atoms with Crippen molar-refractivity contribution < 1.29 is 14.3 Å². The van der Waals surface area contributed by atoms with Gasteiger partial charge in [0.05, 0.1) is 12.8 Å². The number of methoxy groups -OCH3 is 1. The number of anilines is 1. The summed E-state index contributed by atoms with van der Waals surface area (Å²) in [5, 5.41) is 6.06. The van der Waals surface area contributed by atoms with E-state index in [1.54, 1.807) is 30.6 Å². The van der Waals surface area contributed by atoms with Crippen molar-refractivity contribution in [3.05, 3.63) is 53.3 Å². The molecule has 2 amide bonds. The minimum absolute atomic E-state index is 0.275. The highest BCUT2D eigenvalue weighted by Gasteiger charge is 2.56. The monoisotopic (exact) mass is 359 g/mol. The topological polar surface area (TPSA) is 80.3 Å². The summed E-state index contributed by atoms with van der Waals surface area (Å²) in [7, 11) is 1.51. The van der Waals surface area contributed by atoms with Gasteiger partial charge in [0.1, 0.15) is 11.2 Å². The molecule has 3 rings (SSSR count). The van der Waals surface area contributed by atoms with Crippen molar-refractivity contribution in [2.75, 3.05) is 12.4 Å². The number of benzene rings is 1. The number of nitrogens with zero attached hydrogens (tertiary/aromatic N) is 1. The van der Waals surface area contributed by atoms with Gasteiger partial charge in [-0.25, -0.2) is 0 Å². The number of nitrogens with one attached hydrogen (secondary N) is 2. The predicted molar refractivity (Wildman–Crippen MR) is 94.4 cm³/mol. The lowest BCUT2D eigenvalue weighted by molar-refractivity contribution is -0.134. The highest BCUT2D eigenvalue weighted by molar-refractivity contribution is 6.31. The largest absolute Gasteiger partial charge is 0.495 e. The predicted octanol–water partition coefficient (Wildman–Crippen LogP) is 2.78. The zero-order valence-corrected chi connectivity index (χ0v) is 14.5. The molecule has 1 aromatic carbocycles. The second kappa shape index (κ2) is 7.11. The molecule has 0 saturated heterocycles. The minimum Gasteiger partial charge on any atom is -0.495 e. The molecule has 130 valence electrons. The molecule has 0 atom stereocenters. The average Bonchev–Trinajstić information content (AvgIpc) is 3.43. The smallest absolute Gasteiger partial charge is 0.240 e. The summed E-state index contributed by atoms with van der Waals surface area (Å²) in [5.74, 6) is -0.131. The van der Waals surface area contributed by atoms with Crippen LogP contribution in [0.5, 0.6) is 5.75 Å². The maximum Gasteiger partial charge on any atom is 0.240 e. The van der Waals surface area contributed by atoms with E-state index in [0.29, 0.717) is 35.8 Å². The van der Waals surface area contributed by atoms with Crippen LogP contribution < -0.4 is 15.4 Å². The average molecular weight is 360 g/mol. The van der Waals surface area contributed by atoms with Crippen molar-refractivity contribution in [2.45, 2.75) is 19.4 Å². The van der Waals surface area contributed by atoms with Crippen molar-refractivity contribution in [3.63, 3.8) is 0 Å². The van der Waals surface area contributed by atoms with Crippen LogP contribution in [0.4, 0.5) is 5.69 Å². The Morgan fingerprint density at radius 1 is 1.20 bits per heavy atom. The molecule has 1 aliphatic carbocycles. The first kappa shape index (κ1) is 17.2. The molecule has 0 unspecified atom stereocenters. The molecule has 7 heteroatoms. The van der Waals surface area contributed by atoms with Crippen molar-refractivity contribution in [1.82, 2.24) is 10.3 Å². The van der Waals surface area contributed by atoms with Gasteiger partial charge >= 0.3 is 0 Å². The van der Waals surface area contributed by atoms with Crippen molar-refractivity contribution in [2.24, 2.45) is 5.41 Å². The van der Waals surface area contributed by atoms with Crippen molar-refractivity contribution >= 4 is 29.1 Å². The lowest BCUT2D eigenvalue weighted by Crippen LogP contribution is -2.39. The van der Waals surface area contributed by atoms with E-state index in [1.165, 1.54) is 7.11 Å². The fourth-order valence-corrected chi connectivity index (χ4v) is 2.73. The molecule has 0 spiro atoms. The summed E-state index contributed by atoms with van der Waals surface area (Å²) in [5.41, 5.74) is 0.352. The SMILES string of the molecule is COc1ccc(Cl)cc1NC(=O)C1(C(=O)NCc2ccncc2)CC1. The summed E-state index contributed by atoms with van der Waals surface area (Å²) >= 11 is 5.98. The third-order valence-corrected chi connectivity index (χ3v) is 4.47. The Kier molecular flexibility index (Phi) is 4.90. The molecule has 1 heterocycles. The Labute approximate surface area is 150 Å². The molecule has 1 aromatic heterocycles. The van der Waals surface area contributed by atoms with Gasteiger partial charge < -0.3 is 15.4 Å². The van der Waals surface area contributed by atoms with Crippen LogP contribution >= 0.6 is 11.6 Å². The summed E-state index contributed by atoms with van der Waals surface area (Å²) in [6.45, 7) is 0.358. The maximum atomic E-state index is 12.6. The van der Waals surface area contributed by atoms with Crippen LogP contribution in [0.25, 0.3) is 0 Å². The van der Waals surface area contributed by atoms with E-state index in [0.717, 1.165) is 5.56 Å². The van der Waals surface area contributed by atoms with E-state index in [-0.39, 0.29) is 11.8 Å². The molecule has 0 bridgehead atoms. The number of ether oxygens (including phenoxy) is 1. The molecule has 1 fully saturated rings. The Morgan fingerprint density at radius 3 is 2.56 bits per heavy atom. The molecule has 0 aliphatic heterocycles. The first-order chi connectivity index (χ1) is 12.0. The van der Waals surface area contributed by atoms with Gasteiger partial charge in [0, 0.05) is 24.0 Å². The number of aromatic nitrogens is 1. The van der Waals surface area contributed by atoms with Crippen molar-refractivity contribution in [1.29, 1.82) is 0 Å². The number of hydrogen-bond acceptors (Lipinski definition) is 4. The fraction of sp³-hybridized carbons (Fsp3) is 0.278. The summed E-state index contributed by atoms with van der Waals surface area (Å²) in [4.78, 5) is 29.1. The van der Waals surface area contributed by atoms with Crippen LogP contribution in [-0.2, 0) is 16.1 Å². The molecular formula is C18H18ClN3O3. The molecule has 0 radical (unpaired) electrons. The Morgan fingerprint density at radius 2 is 1.92 bits per heavy atom. The van der Waals surface area contributed by atoms with Gasteiger partial charge in [-0.1, -0.05) is 11.6 Å². The highest BCUT2D eigenvalue weighted by Crippen LogP contribution is 2.47. The Bertz CT molecular complexity index is 791. The summed E-state index contributed by atoms with van der Waals surface area (Å²) in [6, 6.07) is 8.57. The number of rotatable bonds is 6. The van der Waals surface area contributed by atoms with Crippen LogP contribution in [-0.4, -0.2) is 23.9 Å². The van der Waals surface area contributed by atoms with E-state index in [1.807, 2.05) is 12.1 Å². The van der Waals surface area contributed by atoms with E-state index in [9.17, 15) is 9.59 Å². The van der Waals surface area contributed by atoms with Gasteiger partial charge in [0.25, 0.3) is 0 Å². The lowest BCUT2D eigenvalue weighted by Gasteiger charge is -2.17. The molecule has 1 saturated carbocycles. The van der Waals surface area contributed by atoms with Gasteiger partial charge in [0.2, 0.25) is 11.8 Å². The van der Waals surface area contributed by atoms with Crippen molar-refractivity contribution in [3.8, 4) is 5.75 Å². The van der Waals surface area contributed by atoms with E-state index < -0.39 is 5.41 Å². The standard InChI is InChI=1S/C18H18ClN3O3/c1-25-15-3-2-13(19)10-14(15)22-17(24)18(6-7-18)16(23)21-11-12-4-8-20-9-5-12/h2-5,8-10H,6-7,11H2,1H3,(H,21,23)(H,22,24). The van der Waals surface area contributed by atoms with Gasteiger partial charge in [-0.05, 0) is 48.7 Å². The van der Waals surface area contributed by atoms with Crippen LogP contribution in [0.1, 0.15) is 18.4 Å². The molecular weight excluding hydrogens is 342 g/mol. The van der Waals surface area contributed by atoms with Gasteiger partial charge in [-0.3, -0.25) is 14.6 Å². The second-order valence-electron chi connectivity index (χ2n) is 5.92. The zero-order chi connectivity index (χ0) is 17.9. The van der Waals surface area contributed by atoms with Gasteiger partial charge in [-0.2, -0.15) is 0 Å². The van der Waals surface area contributed by atoms with Crippen LogP contribution in [0.2, 0.25) is 5.02 Å². The maximum absolute atomic E-state index is 12.6. The molecule has 2 N–H and O–H groups in total. The van der Waals surface area contributed by atoms with E-state index >= 15 is 0 Å². The molecule has 25 heavy (non-hydrogen) atoms. The lowest BCUT2D eigenvalue weighted by atomic mass is 10.0. The molecule has 6 nitrogen and oxygen atoms in total. The third kappa shape index (κ3) is 3.74. The quantitative estimate of drug-likeness (QED) is 0.777. The number of carbonyl (C=O) groups is 2. The van der Waals surface area contributed by atoms with Gasteiger partial charge in [0.15, 0.2) is 0 Å². The fourth-order valence-electron chi connectivity index (χ4n) is 2.55. The van der Waals surface area contributed by atoms with E-state index in [4.69, 9.17) is 16.3 Å². The molecule has 2 aromatic rings. The first-order valence-electron chi connectivity index (χ1n) is 7.87. The van der Waals surface area contributed by atoms with Crippen LogP contribution in [0.3, 0.4) is 0 Å². The third-order valence-electron chi connectivity index (χ3n) is 4.23. The normalized spacial score (nSPS) is 14.5. The highest BCUT2D eigenvalue weighted by atomic mass is 35.5. The number of carbonyl (C=O) groups excluding carboxylic acids is 2. The Balaban J connectivity index is 1.67. The second-order valence-corrected chi connectivity index (χ2v) is 6.36. The number of pyridine rings is 1. The first-order valence-corrected chi connectivity index (χ1v) is 8.25. The van der Waals surface area contributed by atoms with Gasteiger partial charge in [-0.15, -0.1) is 0 Å². The summed E-state index contributed by atoms with van der Waals surface area (Å²) < 4.78 is 5.22. The minimum atomic E-state index is -1.03. The zero-order valence-electron chi connectivity index (χ0n) is 13.7. The number of amides is 2. The number of halogens is 1. The van der Waals surface area contributed by atoms with E-state index in [2.05, 4.69) is 15.6 Å². The summed E-state index contributed by atoms with van der Waals surface area (Å²) in [6.07, 6.45) is 4.35. The van der Waals surface area contributed by atoms with Crippen LogP contribution in [0, 0.1) is 5.41 Å². The number of hydrogen-bond donors (Lipinski definition) is 2. The Hall–Kier alpha value is -2.60.